The van der Waals surface area contributed by atoms with E-state index in [9.17, 15) is 9.59 Å². The van der Waals surface area contributed by atoms with Crippen molar-refractivity contribution in [2.24, 2.45) is 14.1 Å². The highest BCUT2D eigenvalue weighted by atomic mass is 35.5. The Morgan fingerprint density at radius 3 is 2.73 bits per heavy atom. The first kappa shape index (κ1) is 17.1. The van der Waals surface area contributed by atoms with Crippen molar-refractivity contribution in [3.05, 3.63) is 61.5 Å². The molecule has 3 heterocycles. The third-order valence-corrected chi connectivity index (χ3v) is 5.27. The standard InChI is InChI=1S/C18H20ClN5O2/c1-21-16-15(17(25)22(2)18(21)26)24-9-8-23(11-14(24)20-16)7-6-12-4-3-5-13(19)10-12/h3-5,10H,6-9,11H2,1-2H3. The van der Waals surface area contributed by atoms with Crippen LogP contribution in [0.3, 0.4) is 0 Å². The third kappa shape index (κ3) is 2.77. The first-order valence-corrected chi connectivity index (χ1v) is 8.95. The predicted octanol–water partition coefficient (Wildman–Crippen LogP) is 1.15. The molecule has 0 aliphatic carbocycles. The maximum atomic E-state index is 12.5. The lowest BCUT2D eigenvalue weighted by atomic mass is 10.1. The van der Waals surface area contributed by atoms with E-state index in [1.54, 1.807) is 7.05 Å². The molecule has 0 saturated heterocycles. The van der Waals surface area contributed by atoms with E-state index in [0.29, 0.717) is 24.3 Å². The molecule has 0 bridgehead atoms. The second-order valence-electron chi connectivity index (χ2n) is 6.71. The van der Waals surface area contributed by atoms with Gasteiger partial charge >= 0.3 is 5.69 Å². The monoisotopic (exact) mass is 373 g/mol. The number of benzene rings is 1. The fourth-order valence-corrected chi connectivity index (χ4v) is 3.76. The largest absolute Gasteiger partial charge is 0.332 e. The normalized spacial score (nSPS) is 14.7. The van der Waals surface area contributed by atoms with Crippen molar-refractivity contribution >= 4 is 22.8 Å². The van der Waals surface area contributed by atoms with Crippen LogP contribution < -0.4 is 11.2 Å². The van der Waals surface area contributed by atoms with Crippen LogP contribution in [0.15, 0.2) is 33.9 Å². The number of imidazole rings is 1. The molecule has 7 nitrogen and oxygen atoms in total. The van der Waals surface area contributed by atoms with Crippen LogP contribution in [0.4, 0.5) is 0 Å². The molecule has 1 aromatic carbocycles. The highest BCUT2D eigenvalue weighted by molar-refractivity contribution is 6.30. The number of aromatic nitrogens is 4. The quantitative estimate of drug-likeness (QED) is 0.690. The van der Waals surface area contributed by atoms with Gasteiger partial charge in [0.2, 0.25) is 0 Å². The zero-order valence-corrected chi connectivity index (χ0v) is 15.5. The highest BCUT2D eigenvalue weighted by Crippen LogP contribution is 2.18. The molecule has 136 valence electrons. The van der Waals surface area contributed by atoms with E-state index in [1.165, 1.54) is 17.2 Å². The van der Waals surface area contributed by atoms with Gasteiger partial charge in [-0.1, -0.05) is 23.7 Å². The zero-order chi connectivity index (χ0) is 18.4. The van der Waals surface area contributed by atoms with E-state index in [0.717, 1.165) is 34.9 Å². The number of fused-ring (bicyclic) bond motifs is 3. The molecule has 2 aromatic heterocycles. The van der Waals surface area contributed by atoms with Gasteiger partial charge in [0.15, 0.2) is 11.2 Å². The molecule has 4 rings (SSSR count). The average molecular weight is 374 g/mol. The summed E-state index contributed by atoms with van der Waals surface area (Å²) in [5.74, 6) is 0.829. The summed E-state index contributed by atoms with van der Waals surface area (Å²) in [6.45, 7) is 3.08. The first-order valence-electron chi connectivity index (χ1n) is 8.57. The number of rotatable bonds is 3. The predicted molar refractivity (Wildman–Crippen MR) is 101 cm³/mol. The molecule has 0 unspecified atom stereocenters. The molecule has 1 aliphatic heterocycles. The Labute approximate surface area is 155 Å². The van der Waals surface area contributed by atoms with E-state index in [2.05, 4.69) is 16.0 Å². The Morgan fingerprint density at radius 1 is 1.15 bits per heavy atom. The molecule has 0 spiro atoms. The number of hydrogen-bond donors (Lipinski definition) is 0. The van der Waals surface area contributed by atoms with Crippen LogP contribution in [0.25, 0.3) is 11.2 Å². The summed E-state index contributed by atoms with van der Waals surface area (Å²) in [5, 5.41) is 0.750. The van der Waals surface area contributed by atoms with Gasteiger partial charge in [0, 0.05) is 38.8 Å². The lowest BCUT2D eigenvalue weighted by Gasteiger charge is -2.27. The van der Waals surface area contributed by atoms with Crippen molar-refractivity contribution in [3.8, 4) is 0 Å². The van der Waals surface area contributed by atoms with Gasteiger partial charge in [0.25, 0.3) is 5.56 Å². The minimum Gasteiger partial charge on any atom is -0.320 e. The summed E-state index contributed by atoms with van der Waals surface area (Å²) in [7, 11) is 3.16. The smallest absolute Gasteiger partial charge is 0.320 e. The Bertz CT molecular complexity index is 1110. The van der Waals surface area contributed by atoms with E-state index >= 15 is 0 Å². The van der Waals surface area contributed by atoms with Gasteiger partial charge in [-0.05, 0) is 24.1 Å². The fraction of sp³-hybridized carbons (Fsp3) is 0.389. The molecule has 0 fully saturated rings. The molecule has 0 amide bonds. The minimum atomic E-state index is -0.351. The lowest BCUT2D eigenvalue weighted by molar-refractivity contribution is 0.221. The molecule has 26 heavy (non-hydrogen) atoms. The molecule has 3 aromatic rings. The molecular weight excluding hydrogens is 354 g/mol. The number of nitrogens with zero attached hydrogens (tertiary/aromatic N) is 5. The zero-order valence-electron chi connectivity index (χ0n) is 14.8. The van der Waals surface area contributed by atoms with Crippen LogP contribution in [-0.4, -0.2) is 36.7 Å². The van der Waals surface area contributed by atoms with Crippen molar-refractivity contribution in [2.45, 2.75) is 19.5 Å². The van der Waals surface area contributed by atoms with E-state index in [1.807, 2.05) is 22.8 Å². The summed E-state index contributed by atoms with van der Waals surface area (Å²) < 4.78 is 4.54. The molecular formula is C18H20ClN5O2. The van der Waals surface area contributed by atoms with E-state index in [-0.39, 0.29) is 11.2 Å². The topological polar surface area (TPSA) is 65.1 Å². The van der Waals surface area contributed by atoms with Crippen molar-refractivity contribution in [2.75, 3.05) is 13.1 Å². The third-order valence-electron chi connectivity index (χ3n) is 5.04. The lowest BCUT2D eigenvalue weighted by Crippen LogP contribution is -2.39. The summed E-state index contributed by atoms with van der Waals surface area (Å²) in [5.41, 5.74) is 1.54. The van der Waals surface area contributed by atoms with Crippen LogP contribution in [0, 0.1) is 0 Å². The molecule has 8 heteroatoms. The van der Waals surface area contributed by atoms with Gasteiger partial charge in [-0.15, -0.1) is 0 Å². The summed E-state index contributed by atoms with van der Waals surface area (Å²) in [6.07, 6.45) is 0.904. The van der Waals surface area contributed by atoms with E-state index in [4.69, 9.17) is 11.6 Å². The summed E-state index contributed by atoms with van der Waals surface area (Å²) in [6, 6.07) is 7.90. The van der Waals surface area contributed by atoms with Gasteiger partial charge in [-0.2, -0.15) is 0 Å². The molecule has 0 N–H and O–H groups in total. The molecule has 0 atom stereocenters. The van der Waals surface area contributed by atoms with Gasteiger partial charge < -0.3 is 4.57 Å². The average Bonchev–Trinajstić information content (AvgIpc) is 3.02. The van der Waals surface area contributed by atoms with E-state index < -0.39 is 0 Å². The maximum absolute atomic E-state index is 12.5. The Balaban J connectivity index is 1.61. The number of halogens is 1. The van der Waals surface area contributed by atoms with Crippen molar-refractivity contribution in [3.63, 3.8) is 0 Å². The van der Waals surface area contributed by atoms with Crippen molar-refractivity contribution in [1.82, 2.24) is 23.6 Å². The van der Waals surface area contributed by atoms with Crippen molar-refractivity contribution < 1.29 is 0 Å². The molecule has 1 aliphatic rings. The highest BCUT2D eigenvalue weighted by Gasteiger charge is 2.24. The second-order valence-corrected chi connectivity index (χ2v) is 7.15. The Morgan fingerprint density at radius 2 is 1.96 bits per heavy atom. The molecule has 0 radical (unpaired) electrons. The number of hydrogen-bond acceptors (Lipinski definition) is 4. The first-order chi connectivity index (χ1) is 12.5. The Kier molecular flexibility index (Phi) is 4.20. The van der Waals surface area contributed by atoms with Crippen LogP contribution in [0.2, 0.25) is 5.02 Å². The Hall–Kier alpha value is -2.38. The van der Waals surface area contributed by atoms with Gasteiger partial charge in [0.05, 0.1) is 6.54 Å². The van der Waals surface area contributed by atoms with Gasteiger partial charge in [0.1, 0.15) is 5.82 Å². The SMILES string of the molecule is Cn1c(=O)c2c(nc3n2CCN(CCc2cccc(Cl)c2)C3)n(C)c1=O. The number of aryl methyl sites for hydroxylation is 1. The second kappa shape index (κ2) is 6.41. The summed E-state index contributed by atoms with van der Waals surface area (Å²) >= 11 is 6.05. The fourth-order valence-electron chi connectivity index (χ4n) is 3.54. The van der Waals surface area contributed by atoms with Crippen LogP contribution >= 0.6 is 11.6 Å². The van der Waals surface area contributed by atoms with Gasteiger partial charge in [-0.25, -0.2) is 9.78 Å². The maximum Gasteiger partial charge on any atom is 0.332 e. The van der Waals surface area contributed by atoms with Crippen LogP contribution in [-0.2, 0) is 33.6 Å². The van der Waals surface area contributed by atoms with Crippen LogP contribution in [0.1, 0.15) is 11.4 Å². The van der Waals surface area contributed by atoms with Crippen LogP contribution in [0.5, 0.6) is 0 Å². The van der Waals surface area contributed by atoms with Crippen molar-refractivity contribution in [1.29, 1.82) is 0 Å². The summed E-state index contributed by atoms with van der Waals surface area (Å²) in [4.78, 5) is 31.5. The molecule has 0 saturated carbocycles. The van der Waals surface area contributed by atoms with Gasteiger partial charge in [-0.3, -0.25) is 18.8 Å². The minimum absolute atomic E-state index is 0.283.